The predicted octanol–water partition coefficient (Wildman–Crippen LogP) is 0.324. The van der Waals surface area contributed by atoms with Crippen LogP contribution in [0.2, 0.25) is 0 Å². The molecule has 0 radical (unpaired) electrons. The minimum atomic E-state index is 0.497. The maximum Gasteiger partial charge on any atom is 0.209 e. The van der Waals surface area contributed by atoms with Crippen molar-refractivity contribution in [1.82, 2.24) is 60.4 Å². The lowest BCUT2D eigenvalue weighted by atomic mass is 10.3. The summed E-state index contributed by atoms with van der Waals surface area (Å²) in [5.41, 5.74) is 1.62. The molecule has 0 saturated heterocycles. The van der Waals surface area contributed by atoms with Gasteiger partial charge in [-0.2, -0.15) is 20.2 Å². The molecule has 0 bridgehead atoms. The molecular weight excluding hydrogens is 364 g/mol. The fourth-order valence-corrected chi connectivity index (χ4v) is 4.70. The molecule has 0 aliphatic carbocycles. The summed E-state index contributed by atoms with van der Waals surface area (Å²) in [6, 6.07) is 0. The lowest BCUT2D eigenvalue weighted by molar-refractivity contribution is 0.630. The number of nitrogens with one attached hydrogen (secondary N) is 1. The fourth-order valence-electron chi connectivity index (χ4n) is 2.10. The molecule has 0 unspecified atom stereocenters. The van der Waals surface area contributed by atoms with Crippen molar-refractivity contribution in [3.05, 3.63) is 12.4 Å². The summed E-state index contributed by atoms with van der Waals surface area (Å²) in [6.07, 6.45) is 3.44. The van der Waals surface area contributed by atoms with Crippen LogP contribution in [0.3, 0.4) is 0 Å². The van der Waals surface area contributed by atoms with E-state index >= 15 is 0 Å². The van der Waals surface area contributed by atoms with Crippen LogP contribution in [-0.4, -0.2) is 60.4 Å². The van der Waals surface area contributed by atoms with Gasteiger partial charge in [0.2, 0.25) is 11.6 Å². The lowest BCUT2D eigenvalue weighted by Crippen LogP contribution is -1.95. The molecule has 0 saturated carbocycles. The topological polar surface area (TPSA) is 134 Å². The van der Waals surface area contributed by atoms with Gasteiger partial charge in [0.1, 0.15) is 10.1 Å². The highest BCUT2D eigenvalue weighted by atomic mass is 33.1. The molecule has 4 rings (SSSR count). The second-order valence-corrected chi connectivity index (χ2v) is 7.09. The summed E-state index contributed by atoms with van der Waals surface area (Å²) in [5, 5.41) is 36.6. The predicted molar refractivity (Wildman–Crippen MR) is 89.1 cm³/mol. The van der Waals surface area contributed by atoms with Gasteiger partial charge in [0.15, 0.2) is 0 Å². The van der Waals surface area contributed by atoms with Crippen molar-refractivity contribution in [2.75, 3.05) is 0 Å². The summed E-state index contributed by atoms with van der Waals surface area (Å²) < 4.78 is 3.54. The zero-order valence-corrected chi connectivity index (χ0v) is 15.0. The second-order valence-electron chi connectivity index (χ2n) is 4.98. The average molecular weight is 376 g/mol. The van der Waals surface area contributed by atoms with Crippen molar-refractivity contribution < 1.29 is 0 Å². The van der Waals surface area contributed by atoms with Crippen molar-refractivity contribution in [1.29, 1.82) is 0 Å². The first-order chi connectivity index (χ1) is 12.1. The van der Waals surface area contributed by atoms with Gasteiger partial charge in [0, 0.05) is 14.1 Å². The molecule has 14 heteroatoms. The summed E-state index contributed by atoms with van der Waals surface area (Å²) in [6.45, 7) is 0. The van der Waals surface area contributed by atoms with Crippen LogP contribution < -0.4 is 0 Å². The molecule has 0 atom stereocenters. The van der Waals surface area contributed by atoms with Crippen molar-refractivity contribution in [2.45, 2.75) is 10.1 Å². The smallest absolute Gasteiger partial charge is 0.209 e. The minimum Gasteiger partial charge on any atom is -0.260 e. The number of tetrazole rings is 2. The van der Waals surface area contributed by atoms with Crippen molar-refractivity contribution in [3.8, 4) is 22.8 Å². The number of aryl methyl sites for hydroxylation is 3. The lowest BCUT2D eigenvalue weighted by Gasteiger charge is -2.05. The number of nitrogens with zero attached hydrogens (tertiary/aromatic N) is 11. The van der Waals surface area contributed by atoms with Gasteiger partial charge in [-0.25, -0.2) is 0 Å². The standard InChI is InChI=1S/C11H12N12S2/c1-21-10(6(4-12-21)8-14-18-19-15-8)24-25-11-7(5-13-22(11)2)9-16-20-23(3)17-9/h4-5H,1-3H3,(H,14,15,18,19). The van der Waals surface area contributed by atoms with E-state index in [4.69, 9.17) is 0 Å². The number of aromatic amines is 1. The van der Waals surface area contributed by atoms with E-state index in [1.54, 1.807) is 28.8 Å². The van der Waals surface area contributed by atoms with Crippen molar-refractivity contribution >= 4 is 21.6 Å². The normalized spacial score (nSPS) is 11.3. The van der Waals surface area contributed by atoms with Crippen LogP contribution in [0, 0.1) is 0 Å². The largest absolute Gasteiger partial charge is 0.260 e. The third-order valence-electron chi connectivity index (χ3n) is 3.30. The Balaban J connectivity index is 1.63. The third-order valence-corrected chi connectivity index (χ3v) is 5.87. The number of H-pyrrole nitrogens is 1. The Labute approximate surface area is 148 Å². The van der Waals surface area contributed by atoms with E-state index < -0.39 is 0 Å². The molecule has 0 amide bonds. The molecule has 0 aliphatic heterocycles. The van der Waals surface area contributed by atoms with E-state index in [9.17, 15) is 0 Å². The van der Waals surface area contributed by atoms with Crippen LogP contribution in [-0.2, 0) is 21.1 Å². The van der Waals surface area contributed by atoms with Crippen molar-refractivity contribution in [3.63, 3.8) is 0 Å². The SMILES string of the molecule is Cn1nnc(-c2cnn(C)c2SSc2c(-c3nn[nH]n3)cnn2C)n1. The summed E-state index contributed by atoms with van der Waals surface area (Å²) in [4.78, 5) is 1.42. The molecule has 25 heavy (non-hydrogen) atoms. The summed E-state index contributed by atoms with van der Waals surface area (Å²) in [7, 11) is 8.49. The molecule has 0 aliphatic rings. The molecule has 0 spiro atoms. The van der Waals surface area contributed by atoms with Crippen molar-refractivity contribution in [2.24, 2.45) is 21.1 Å². The maximum atomic E-state index is 4.30. The molecule has 0 aromatic carbocycles. The molecule has 128 valence electrons. The Kier molecular flexibility index (Phi) is 3.96. The highest BCUT2D eigenvalue weighted by Gasteiger charge is 2.20. The maximum absolute atomic E-state index is 4.30. The number of aromatic nitrogens is 12. The quantitative estimate of drug-likeness (QED) is 0.485. The Morgan fingerprint density at radius 3 is 2.04 bits per heavy atom. The summed E-state index contributed by atoms with van der Waals surface area (Å²) in [5.74, 6) is 1.03. The van der Waals surface area contributed by atoms with Gasteiger partial charge in [-0.15, -0.1) is 20.4 Å². The van der Waals surface area contributed by atoms with Gasteiger partial charge in [0.05, 0.1) is 30.6 Å². The van der Waals surface area contributed by atoms with E-state index in [0.29, 0.717) is 11.6 Å². The molecule has 4 heterocycles. The zero-order valence-electron chi connectivity index (χ0n) is 13.4. The van der Waals surface area contributed by atoms with Crippen LogP contribution in [0.25, 0.3) is 22.8 Å². The first kappa shape index (κ1) is 15.8. The third kappa shape index (κ3) is 2.89. The molecular formula is C11H12N12S2. The van der Waals surface area contributed by atoms with Crippen LogP contribution in [0.4, 0.5) is 0 Å². The highest BCUT2D eigenvalue weighted by molar-refractivity contribution is 8.76. The number of hydrogen-bond acceptors (Lipinski definition) is 10. The van der Waals surface area contributed by atoms with E-state index in [1.165, 1.54) is 26.4 Å². The Bertz CT molecular complexity index is 997. The first-order valence-corrected chi connectivity index (χ1v) is 9.15. The van der Waals surface area contributed by atoms with Gasteiger partial charge >= 0.3 is 0 Å². The molecule has 0 fully saturated rings. The molecule has 1 N–H and O–H groups in total. The second kappa shape index (κ2) is 6.29. The Hall–Kier alpha value is -2.74. The average Bonchev–Trinajstić information content (AvgIpc) is 3.34. The van der Waals surface area contributed by atoms with Crippen LogP contribution >= 0.6 is 21.6 Å². The molecule has 4 aromatic heterocycles. The Morgan fingerprint density at radius 2 is 1.52 bits per heavy atom. The van der Waals surface area contributed by atoms with Crippen LogP contribution in [0.15, 0.2) is 22.4 Å². The van der Waals surface area contributed by atoms with E-state index in [2.05, 4.69) is 46.2 Å². The van der Waals surface area contributed by atoms with Gasteiger partial charge in [-0.1, -0.05) is 0 Å². The van der Waals surface area contributed by atoms with E-state index in [-0.39, 0.29) is 0 Å². The van der Waals surface area contributed by atoms with Gasteiger partial charge in [0.25, 0.3) is 0 Å². The van der Waals surface area contributed by atoms with Crippen LogP contribution in [0.1, 0.15) is 0 Å². The highest BCUT2D eigenvalue weighted by Crippen LogP contribution is 2.43. The Morgan fingerprint density at radius 1 is 0.880 bits per heavy atom. The minimum absolute atomic E-state index is 0.497. The first-order valence-electron chi connectivity index (χ1n) is 7.00. The number of hydrogen-bond donors (Lipinski definition) is 1. The van der Waals surface area contributed by atoms with Gasteiger partial charge in [-0.05, 0) is 32.0 Å². The molecule has 4 aromatic rings. The zero-order chi connectivity index (χ0) is 17.4. The molecule has 12 nitrogen and oxygen atoms in total. The van der Waals surface area contributed by atoms with Gasteiger partial charge < -0.3 is 0 Å². The van der Waals surface area contributed by atoms with Crippen LogP contribution in [0.5, 0.6) is 0 Å². The fraction of sp³-hybridized carbons (Fsp3) is 0.273. The monoisotopic (exact) mass is 376 g/mol. The van der Waals surface area contributed by atoms with E-state index in [0.717, 1.165) is 21.2 Å². The van der Waals surface area contributed by atoms with E-state index in [1.807, 2.05) is 14.1 Å². The summed E-state index contributed by atoms with van der Waals surface area (Å²) >= 11 is 0. The van der Waals surface area contributed by atoms with Gasteiger partial charge in [-0.3, -0.25) is 9.36 Å². The number of rotatable bonds is 5.